The molecule has 1 aliphatic carbocycles. The van der Waals surface area contributed by atoms with Crippen LogP contribution < -0.4 is 10.0 Å². The molecule has 7 heteroatoms. The van der Waals surface area contributed by atoms with Gasteiger partial charge in [-0.1, -0.05) is 0 Å². The lowest BCUT2D eigenvalue weighted by molar-refractivity contribution is 0.546. The molecule has 0 aliphatic heterocycles. The summed E-state index contributed by atoms with van der Waals surface area (Å²) in [5, 5.41) is 7.42. The van der Waals surface area contributed by atoms with Gasteiger partial charge in [-0.25, -0.2) is 13.1 Å². The van der Waals surface area contributed by atoms with E-state index in [4.69, 9.17) is 0 Å². The Morgan fingerprint density at radius 3 is 2.63 bits per heavy atom. The van der Waals surface area contributed by atoms with Crippen molar-refractivity contribution in [1.29, 1.82) is 0 Å². The smallest absolute Gasteiger partial charge is 0.244 e. The number of aryl methyl sites for hydroxylation is 2. The van der Waals surface area contributed by atoms with Gasteiger partial charge in [0, 0.05) is 12.6 Å². The Labute approximate surface area is 114 Å². The lowest BCUT2D eigenvalue weighted by Gasteiger charge is -2.07. The van der Waals surface area contributed by atoms with Crippen molar-refractivity contribution in [3.05, 3.63) is 11.4 Å². The van der Waals surface area contributed by atoms with Gasteiger partial charge in [-0.15, -0.1) is 0 Å². The largest absolute Gasteiger partial charge is 0.320 e. The van der Waals surface area contributed by atoms with Crippen LogP contribution in [0.1, 0.15) is 30.7 Å². The first-order valence-corrected chi connectivity index (χ1v) is 8.15. The first-order valence-electron chi connectivity index (χ1n) is 6.66. The number of nitrogens with one attached hydrogen (secondary N) is 2. The standard InChI is InChI=1S/C12H22N4O2S/c1-9-12(19(17,18)15-11-5-6-11)10(2)16(14-9)8-4-7-13-3/h11,13,15H,4-8H2,1-3H3. The summed E-state index contributed by atoms with van der Waals surface area (Å²) in [7, 11) is -1.52. The van der Waals surface area contributed by atoms with Crippen LogP contribution in [0.4, 0.5) is 0 Å². The van der Waals surface area contributed by atoms with Crippen LogP contribution in [0.25, 0.3) is 0 Å². The van der Waals surface area contributed by atoms with Crippen LogP contribution in [0.2, 0.25) is 0 Å². The van der Waals surface area contributed by atoms with Crippen molar-refractivity contribution in [3.8, 4) is 0 Å². The maximum Gasteiger partial charge on any atom is 0.244 e. The minimum atomic E-state index is -3.42. The molecule has 1 fully saturated rings. The third-order valence-electron chi connectivity index (χ3n) is 3.28. The Kier molecular flexibility index (Phi) is 4.27. The van der Waals surface area contributed by atoms with Gasteiger partial charge in [-0.05, 0) is 46.7 Å². The fourth-order valence-electron chi connectivity index (χ4n) is 2.17. The van der Waals surface area contributed by atoms with Crippen molar-refractivity contribution in [1.82, 2.24) is 19.8 Å². The van der Waals surface area contributed by atoms with Crippen molar-refractivity contribution in [3.63, 3.8) is 0 Å². The van der Waals surface area contributed by atoms with Crippen LogP contribution in [0.15, 0.2) is 4.90 Å². The van der Waals surface area contributed by atoms with E-state index >= 15 is 0 Å². The van der Waals surface area contributed by atoms with E-state index in [1.165, 1.54) is 0 Å². The zero-order chi connectivity index (χ0) is 14.0. The molecule has 2 N–H and O–H groups in total. The Morgan fingerprint density at radius 1 is 1.37 bits per heavy atom. The number of aromatic nitrogens is 2. The summed E-state index contributed by atoms with van der Waals surface area (Å²) in [6, 6.07) is 0.122. The van der Waals surface area contributed by atoms with Crippen molar-refractivity contribution in [2.45, 2.75) is 50.6 Å². The monoisotopic (exact) mass is 286 g/mol. The average molecular weight is 286 g/mol. The molecule has 0 unspecified atom stereocenters. The third-order valence-corrected chi connectivity index (χ3v) is 5.05. The molecule has 1 heterocycles. The molecule has 0 spiro atoms. The van der Waals surface area contributed by atoms with Crippen molar-refractivity contribution in [2.75, 3.05) is 13.6 Å². The third kappa shape index (κ3) is 3.34. The Morgan fingerprint density at radius 2 is 2.05 bits per heavy atom. The molecule has 19 heavy (non-hydrogen) atoms. The molecule has 0 saturated heterocycles. The summed E-state index contributed by atoms with van der Waals surface area (Å²) in [5.41, 5.74) is 1.30. The summed E-state index contributed by atoms with van der Waals surface area (Å²) < 4.78 is 29.1. The van der Waals surface area contributed by atoms with Gasteiger partial charge in [0.2, 0.25) is 10.0 Å². The molecule has 1 aromatic rings. The fourth-order valence-corrected chi connectivity index (χ4v) is 3.89. The highest BCUT2D eigenvalue weighted by atomic mass is 32.2. The van der Waals surface area contributed by atoms with E-state index in [0.29, 0.717) is 10.6 Å². The summed E-state index contributed by atoms with van der Waals surface area (Å²) in [4.78, 5) is 0.351. The predicted molar refractivity (Wildman–Crippen MR) is 73.6 cm³/mol. The minimum Gasteiger partial charge on any atom is -0.320 e. The highest BCUT2D eigenvalue weighted by molar-refractivity contribution is 7.89. The lowest BCUT2D eigenvalue weighted by atomic mass is 10.4. The number of hydrogen-bond acceptors (Lipinski definition) is 4. The Hall–Kier alpha value is -0.920. The second kappa shape index (κ2) is 5.60. The van der Waals surface area contributed by atoms with Gasteiger partial charge in [0.15, 0.2) is 0 Å². The molecular weight excluding hydrogens is 264 g/mol. The van der Waals surface area contributed by atoms with Crippen LogP contribution in [0.3, 0.4) is 0 Å². The molecule has 0 amide bonds. The van der Waals surface area contributed by atoms with Gasteiger partial charge in [0.1, 0.15) is 4.90 Å². The zero-order valence-corrected chi connectivity index (χ0v) is 12.5. The minimum absolute atomic E-state index is 0.122. The quantitative estimate of drug-likeness (QED) is 0.718. The van der Waals surface area contributed by atoms with Crippen molar-refractivity contribution >= 4 is 10.0 Å². The van der Waals surface area contributed by atoms with E-state index < -0.39 is 10.0 Å². The van der Waals surface area contributed by atoms with E-state index in [0.717, 1.165) is 38.0 Å². The molecule has 108 valence electrons. The molecule has 0 atom stereocenters. The highest BCUT2D eigenvalue weighted by Crippen LogP contribution is 2.25. The summed E-state index contributed by atoms with van der Waals surface area (Å²) >= 11 is 0. The fraction of sp³-hybridized carbons (Fsp3) is 0.750. The summed E-state index contributed by atoms with van der Waals surface area (Å²) in [6.45, 7) is 5.19. The normalized spacial score (nSPS) is 15.9. The van der Waals surface area contributed by atoms with Crippen LogP contribution in [-0.2, 0) is 16.6 Å². The SMILES string of the molecule is CNCCCn1nc(C)c(S(=O)(=O)NC2CC2)c1C. The average Bonchev–Trinajstić information content (AvgIpc) is 3.05. The van der Waals surface area contributed by atoms with E-state index in [2.05, 4.69) is 15.1 Å². The molecule has 2 rings (SSSR count). The highest BCUT2D eigenvalue weighted by Gasteiger charge is 2.31. The first-order chi connectivity index (χ1) is 8.95. The molecule has 0 bridgehead atoms. The number of sulfonamides is 1. The molecule has 0 aromatic carbocycles. The van der Waals surface area contributed by atoms with E-state index in [9.17, 15) is 8.42 Å². The molecule has 1 aromatic heterocycles. The second-order valence-corrected chi connectivity index (χ2v) is 6.73. The van der Waals surface area contributed by atoms with Crippen LogP contribution in [0.5, 0.6) is 0 Å². The van der Waals surface area contributed by atoms with Gasteiger partial charge < -0.3 is 5.32 Å². The van der Waals surface area contributed by atoms with Gasteiger partial charge in [0.25, 0.3) is 0 Å². The molecule has 1 aliphatic rings. The number of hydrogen-bond donors (Lipinski definition) is 2. The number of rotatable bonds is 7. The second-order valence-electron chi connectivity index (χ2n) is 5.08. The van der Waals surface area contributed by atoms with Crippen LogP contribution in [-0.4, -0.2) is 37.8 Å². The summed E-state index contributed by atoms with van der Waals surface area (Å²) in [6.07, 6.45) is 2.80. The molecule has 1 saturated carbocycles. The van der Waals surface area contributed by atoms with Crippen LogP contribution in [0, 0.1) is 13.8 Å². The van der Waals surface area contributed by atoms with E-state index in [1.54, 1.807) is 11.6 Å². The van der Waals surface area contributed by atoms with E-state index in [1.807, 2.05) is 14.0 Å². The topological polar surface area (TPSA) is 76.0 Å². The maximum absolute atomic E-state index is 12.3. The van der Waals surface area contributed by atoms with Crippen molar-refractivity contribution in [2.24, 2.45) is 0 Å². The van der Waals surface area contributed by atoms with E-state index in [-0.39, 0.29) is 6.04 Å². The maximum atomic E-state index is 12.3. The molecule has 0 radical (unpaired) electrons. The zero-order valence-electron chi connectivity index (χ0n) is 11.7. The lowest BCUT2D eigenvalue weighted by Crippen LogP contribution is -2.26. The van der Waals surface area contributed by atoms with Crippen LogP contribution >= 0.6 is 0 Å². The first kappa shape index (κ1) is 14.5. The van der Waals surface area contributed by atoms with Gasteiger partial charge in [0.05, 0.1) is 11.4 Å². The summed E-state index contributed by atoms with van der Waals surface area (Å²) in [5.74, 6) is 0. The van der Waals surface area contributed by atoms with Gasteiger partial charge >= 0.3 is 0 Å². The van der Waals surface area contributed by atoms with Crippen molar-refractivity contribution < 1.29 is 8.42 Å². The predicted octanol–water partition coefficient (Wildman–Crippen LogP) is 0.550. The molecular formula is C12H22N4O2S. The number of nitrogens with zero attached hydrogens (tertiary/aromatic N) is 2. The molecule has 6 nitrogen and oxygen atoms in total. The van der Waals surface area contributed by atoms with Gasteiger partial charge in [-0.3, -0.25) is 4.68 Å². The van der Waals surface area contributed by atoms with Gasteiger partial charge in [-0.2, -0.15) is 5.10 Å². The Bertz CT molecular complexity index is 546. The Balaban J connectivity index is 2.20.